The summed E-state index contributed by atoms with van der Waals surface area (Å²) in [5.74, 6) is 0.241. The first-order valence-electron chi connectivity index (χ1n) is 11.4. The molecule has 0 aliphatic heterocycles. The highest BCUT2D eigenvalue weighted by Gasteiger charge is 2.19. The van der Waals surface area contributed by atoms with Gasteiger partial charge in [-0.15, -0.1) is 0 Å². The maximum Gasteiger partial charge on any atom is 0.337 e. The normalized spacial score (nSPS) is 14.6. The van der Waals surface area contributed by atoms with Crippen molar-refractivity contribution in [2.45, 2.75) is 38.1 Å². The Morgan fingerprint density at radius 2 is 1.67 bits per heavy atom. The number of methoxy groups -OCH3 is 1. The summed E-state index contributed by atoms with van der Waals surface area (Å²) in [6.45, 7) is 0.144. The first-order valence-corrected chi connectivity index (χ1v) is 11.4. The second kappa shape index (κ2) is 10.8. The molecule has 5 heteroatoms. The van der Waals surface area contributed by atoms with Crippen molar-refractivity contribution in [2.75, 3.05) is 13.7 Å². The van der Waals surface area contributed by atoms with Gasteiger partial charge in [0.2, 0.25) is 0 Å². The van der Waals surface area contributed by atoms with E-state index in [1.165, 1.54) is 13.5 Å². The van der Waals surface area contributed by atoms with Crippen LogP contribution in [0, 0.1) is 0 Å². The lowest BCUT2D eigenvalue weighted by Gasteiger charge is -2.23. The maximum atomic E-state index is 13.2. The fraction of sp³-hybridized carbons (Fsp3) is 0.286. The quantitative estimate of drug-likeness (QED) is 0.385. The van der Waals surface area contributed by atoms with Gasteiger partial charge in [-0.1, -0.05) is 67.8 Å². The van der Waals surface area contributed by atoms with Crippen molar-refractivity contribution in [2.24, 2.45) is 0 Å². The molecule has 1 N–H and O–H groups in total. The number of amides is 1. The van der Waals surface area contributed by atoms with Crippen molar-refractivity contribution in [1.29, 1.82) is 0 Å². The van der Waals surface area contributed by atoms with E-state index < -0.39 is 0 Å². The molecule has 5 nitrogen and oxygen atoms in total. The predicted molar refractivity (Wildman–Crippen MR) is 130 cm³/mol. The van der Waals surface area contributed by atoms with E-state index in [1.54, 1.807) is 24.3 Å². The van der Waals surface area contributed by atoms with Crippen molar-refractivity contribution in [3.05, 3.63) is 83.4 Å². The fourth-order valence-electron chi connectivity index (χ4n) is 4.21. The Morgan fingerprint density at radius 3 is 2.42 bits per heavy atom. The summed E-state index contributed by atoms with van der Waals surface area (Å²) in [5, 5.41) is 5.29. The van der Waals surface area contributed by atoms with E-state index in [4.69, 9.17) is 9.47 Å². The van der Waals surface area contributed by atoms with Gasteiger partial charge in [0.1, 0.15) is 12.4 Å². The summed E-state index contributed by atoms with van der Waals surface area (Å²) >= 11 is 0. The molecule has 0 aromatic heterocycles. The molecule has 1 saturated carbocycles. The highest BCUT2D eigenvalue weighted by Crippen LogP contribution is 2.26. The predicted octanol–water partition coefficient (Wildman–Crippen LogP) is 5.54. The summed E-state index contributed by atoms with van der Waals surface area (Å²) in [4.78, 5) is 24.9. The summed E-state index contributed by atoms with van der Waals surface area (Å²) in [5.41, 5.74) is 1.83. The molecule has 0 unspecified atom stereocenters. The summed E-state index contributed by atoms with van der Waals surface area (Å²) in [7, 11) is 1.36. The molecule has 170 valence electrons. The van der Waals surface area contributed by atoms with Crippen molar-refractivity contribution >= 4 is 28.7 Å². The Labute approximate surface area is 194 Å². The highest BCUT2D eigenvalue weighted by atomic mass is 16.5. The van der Waals surface area contributed by atoms with Crippen molar-refractivity contribution in [3.8, 4) is 5.75 Å². The van der Waals surface area contributed by atoms with Gasteiger partial charge < -0.3 is 14.8 Å². The van der Waals surface area contributed by atoms with Crippen LogP contribution in [0.4, 0.5) is 0 Å². The standard InChI is InChI=1S/C28H29NO4/c1-32-28(31)22-16-14-20(15-17-22)18-23(27(30)29-24-10-3-2-4-11-24)19-33-26-13-7-9-21-8-5-6-12-25(21)26/h5-9,12-18,24H,2-4,10-11,19H2,1H3,(H,29,30)/b23-18+. The Bertz CT molecular complexity index is 1140. The number of ether oxygens (including phenoxy) is 2. The molecule has 0 radical (unpaired) electrons. The van der Waals surface area contributed by atoms with Gasteiger partial charge in [0.15, 0.2) is 0 Å². The van der Waals surface area contributed by atoms with Gasteiger partial charge in [-0.2, -0.15) is 0 Å². The Morgan fingerprint density at radius 1 is 0.939 bits per heavy atom. The van der Waals surface area contributed by atoms with Gasteiger partial charge >= 0.3 is 5.97 Å². The van der Waals surface area contributed by atoms with Gasteiger partial charge in [0.25, 0.3) is 5.91 Å². The molecule has 0 saturated heterocycles. The molecule has 0 spiro atoms. The number of carbonyl (C=O) groups excluding carboxylic acids is 2. The molecule has 4 rings (SSSR count). The molecule has 33 heavy (non-hydrogen) atoms. The minimum absolute atomic E-state index is 0.112. The van der Waals surface area contributed by atoms with Crippen LogP contribution in [-0.2, 0) is 9.53 Å². The molecule has 1 amide bonds. The van der Waals surface area contributed by atoms with Gasteiger partial charge in [0.05, 0.1) is 18.2 Å². The van der Waals surface area contributed by atoms with Crippen LogP contribution in [0.1, 0.15) is 48.0 Å². The number of rotatable bonds is 7. The third-order valence-corrected chi connectivity index (χ3v) is 6.04. The van der Waals surface area contributed by atoms with Crippen LogP contribution in [0.5, 0.6) is 5.75 Å². The second-order valence-electron chi connectivity index (χ2n) is 8.36. The van der Waals surface area contributed by atoms with E-state index in [0.717, 1.165) is 47.8 Å². The van der Waals surface area contributed by atoms with Gasteiger partial charge in [-0.05, 0) is 48.1 Å². The summed E-state index contributed by atoms with van der Waals surface area (Å²) in [6, 6.07) is 21.1. The number of hydrogen-bond donors (Lipinski definition) is 1. The van der Waals surface area contributed by atoms with Crippen molar-refractivity contribution in [1.82, 2.24) is 5.32 Å². The monoisotopic (exact) mass is 443 g/mol. The van der Waals surface area contributed by atoms with Crippen LogP contribution in [0.25, 0.3) is 16.8 Å². The number of esters is 1. The zero-order valence-corrected chi connectivity index (χ0v) is 18.9. The lowest BCUT2D eigenvalue weighted by atomic mass is 9.95. The SMILES string of the molecule is COC(=O)c1ccc(/C=C(\COc2cccc3ccccc23)C(=O)NC2CCCCC2)cc1. The minimum atomic E-state index is -0.389. The Balaban J connectivity index is 1.56. The average Bonchev–Trinajstić information content (AvgIpc) is 2.87. The number of hydrogen-bond acceptors (Lipinski definition) is 4. The molecular formula is C28H29NO4. The second-order valence-corrected chi connectivity index (χ2v) is 8.36. The lowest BCUT2D eigenvalue weighted by molar-refractivity contribution is -0.118. The molecule has 3 aromatic rings. The largest absolute Gasteiger partial charge is 0.488 e. The summed E-state index contributed by atoms with van der Waals surface area (Å²) < 4.78 is 10.9. The van der Waals surface area contributed by atoms with Crippen LogP contribution in [-0.4, -0.2) is 31.6 Å². The van der Waals surface area contributed by atoms with Crippen molar-refractivity contribution < 1.29 is 19.1 Å². The van der Waals surface area contributed by atoms with Crippen LogP contribution in [0.2, 0.25) is 0 Å². The molecule has 3 aromatic carbocycles. The molecule has 1 aliphatic carbocycles. The maximum absolute atomic E-state index is 13.2. The van der Waals surface area contributed by atoms with Gasteiger partial charge in [-0.25, -0.2) is 4.79 Å². The molecule has 0 bridgehead atoms. The lowest BCUT2D eigenvalue weighted by Crippen LogP contribution is -2.38. The van der Waals surface area contributed by atoms with E-state index in [-0.39, 0.29) is 24.5 Å². The Hall–Kier alpha value is -3.60. The number of benzene rings is 3. The third kappa shape index (κ3) is 5.80. The summed E-state index contributed by atoms with van der Waals surface area (Å²) in [6.07, 6.45) is 7.36. The highest BCUT2D eigenvalue weighted by molar-refractivity contribution is 5.98. The van der Waals surface area contributed by atoms with Crippen molar-refractivity contribution in [3.63, 3.8) is 0 Å². The van der Waals surface area contributed by atoms with Gasteiger partial charge in [0, 0.05) is 11.4 Å². The molecule has 1 fully saturated rings. The zero-order chi connectivity index (χ0) is 23.0. The van der Waals surface area contributed by atoms with Crippen LogP contribution in [0.15, 0.2) is 72.3 Å². The van der Waals surface area contributed by atoms with Gasteiger partial charge in [-0.3, -0.25) is 4.79 Å². The number of carbonyl (C=O) groups is 2. The minimum Gasteiger partial charge on any atom is -0.488 e. The molecule has 0 atom stereocenters. The molecular weight excluding hydrogens is 414 g/mol. The number of nitrogens with one attached hydrogen (secondary N) is 1. The van der Waals surface area contributed by atoms with Crippen LogP contribution in [0.3, 0.4) is 0 Å². The average molecular weight is 444 g/mol. The van der Waals surface area contributed by atoms with E-state index in [0.29, 0.717) is 11.1 Å². The topological polar surface area (TPSA) is 64.6 Å². The fourth-order valence-corrected chi connectivity index (χ4v) is 4.21. The van der Waals surface area contributed by atoms with E-state index in [2.05, 4.69) is 5.32 Å². The smallest absolute Gasteiger partial charge is 0.337 e. The van der Waals surface area contributed by atoms with Crippen LogP contribution < -0.4 is 10.1 Å². The molecule has 1 aliphatic rings. The number of fused-ring (bicyclic) bond motifs is 1. The van der Waals surface area contributed by atoms with E-state index in [9.17, 15) is 9.59 Å². The van der Waals surface area contributed by atoms with E-state index in [1.807, 2.05) is 48.5 Å². The third-order valence-electron chi connectivity index (χ3n) is 6.04. The Kier molecular flexibility index (Phi) is 7.40. The molecule has 0 heterocycles. The van der Waals surface area contributed by atoms with Crippen LogP contribution >= 0.6 is 0 Å². The zero-order valence-electron chi connectivity index (χ0n) is 18.9. The van der Waals surface area contributed by atoms with E-state index >= 15 is 0 Å². The first-order chi connectivity index (χ1) is 16.1. The first kappa shape index (κ1) is 22.6.